The number of alkyl halides is 1. The van der Waals surface area contributed by atoms with Crippen molar-refractivity contribution < 1.29 is 18.5 Å². The van der Waals surface area contributed by atoms with Crippen LogP contribution in [-0.2, 0) is 9.59 Å². The molecule has 1 rings (SSSR count). The Morgan fingerprint density at radius 1 is 1.44 bits per heavy atom. The molecule has 0 aromatic heterocycles. The molecule has 0 spiro atoms. The molecule has 0 saturated carbocycles. The van der Waals surface area contributed by atoms with E-state index in [1.807, 2.05) is 0 Å². The van der Waals surface area contributed by atoms with E-state index in [1.165, 1.54) is 11.1 Å². The molecule has 2 amide bonds. The second-order valence-electron chi connectivity index (χ2n) is 5.99. The molecule has 0 aromatic carbocycles. The lowest BCUT2D eigenvalue weighted by Gasteiger charge is -2.22. The number of hydrogen-bond donors (Lipinski definition) is 4. The van der Waals surface area contributed by atoms with Crippen molar-refractivity contribution in [3.63, 3.8) is 0 Å². The molecule has 1 saturated heterocycles. The normalized spacial score (nSPS) is 16.9. The molecule has 4 N–H and O–H groups in total. The summed E-state index contributed by atoms with van der Waals surface area (Å²) in [6.45, 7) is 2.48. The van der Waals surface area contributed by atoms with E-state index in [4.69, 9.17) is 10.8 Å². The molecule has 0 aliphatic carbocycles. The molecule has 0 bridgehead atoms. The van der Waals surface area contributed by atoms with Gasteiger partial charge in [-0.15, -0.1) is 0 Å². The van der Waals surface area contributed by atoms with Crippen molar-refractivity contribution in [2.24, 2.45) is 5.41 Å². The SMILES string of the molecule is CN/C=C(/NC(=O)C(=N)/C=C\N(F)CF)C(=N)N1CCC(C)(C)C1=O. The molecule has 138 valence electrons. The highest BCUT2D eigenvalue weighted by atomic mass is 19.2. The van der Waals surface area contributed by atoms with Crippen molar-refractivity contribution in [2.45, 2.75) is 20.3 Å². The van der Waals surface area contributed by atoms with Gasteiger partial charge in [-0.3, -0.25) is 25.3 Å². The fourth-order valence-corrected chi connectivity index (χ4v) is 2.09. The Balaban J connectivity index is 2.84. The average Bonchev–Trinajstić information content (AvgIpc) is 2.84. The van der Waals surface area contributed by atoms with Crippen LogP contribution in [0.25, 0.3) is 0 Å². The van der Waals surface area contributed by atoms with Gasteiger partial charge in [0.15, 0.2) is 12.6 Å². The topological polar surface area (TPSA) is 112 Å². The Labute approximate surface area is 144 Å². The molecule has 1 heterocycles. The maximum atomic E-state index is 12.6. The maximum Gasteiger partial charge on any atom is 0.273 e. The van der Waals surface area contributed by atoms with Gasteiger partial charge in [-0.2, -0.15) is 5.12 Å². The molecule has 0 atom stereocenters. The summed E-state index contributed by atoms with van der Waals surface area (Å²) >= 11 is 0. The minimum Gasteiger partial charge on any atom is -0.392 e. The van der Waals surface area contributed by atoms with Crippen LogP contribution < -0.4 is 10.6 Å². The molecule has 1 fully saturated rings. The summed E-state index contributed by atoms with van der Waals surface area (Å²) in [4.78, 5) is 25.5. The fourth-order valence-electron chi connectivity index (χ4n) is 2.09. The van der Waals surface area contributed by atoms with Gasteiger partial charge in [0.25, 0.3) is 5.91 Å². The van der Waals surface area contributed by atoms with E-state index in [1.54, 1.807) is 20.9 Å². The van der Waals surface area contributed by atoms with E-state index >= 15 is 0 Å². The highest BCUT2D eigenvalue weighted by Crippen LogP contribution is 2.31. The molecule has 25 heavy (non-hydrogen) atoms. The number of likely N-dealkylation sites (tertiary alicyclic amines) is 1. The summed E-state index contributed by atoms with van der Waals surface area (Å²) in [5.41, 5.74) is -1.24. The van der Waals surface area contributed by atoms with Crippen molar-refractivity contribution in [1.29, 1.82) is 10.8 Å². The quantitative estimate of drug-likeness (QED) is 0.236. The molecule has 0 unspecified atom stereocenters. The summed E-state index contributed by atoms with van der Waals surface area (Å²) in [7, 11) is 1.54. The first-order valence-corrected chi connectivity index (χ1v) is 7.49. The average molecular weight is 356 g/mol. The first-order valence-electron chi connectivity index (χ1n) is 7.49. The van der Waals surface area contributed by atoms with Crippen LogP contribution >= 0.6 is 0 Å². The maximum absolute atomic E-state index is 12.6. The van der Waals surface area contributed by atoms with Gasteiger partial charge in [-0.1, -0.05) is 18.3 Å². The zero-order valence-electron chi connectivity index (χ0n) is 14.3. The third kappa shape index (κ3) is 5.10. The summed E-state index contributed by atoms with van der Waals surface area (Å²) in [5.74, 6) is -1.38. The summed E-state index contributed by atoms with van der Waals surface area (Å²) < 4.78 is 24.6. The summed E-state index contributed by atoms with van der Waals surface area (Å²) in [6.07, 6.45) is 3.25. The Bertz CT molecular complexity index is 630. The molecule has 0 aromatic rings. The molecule has 1 aliphatic heterocycles. The van der Waals surface area contributed by atoms with Crippen LogP contribution in [0.5, 0.6) is 0 Å². The van der Waals surface area contributed by atoms with E-state index < -0.39 is 23.8 Å². The van der Waals surface area contributed by atoms with Crippen molar-refractivity contribution in [1.82, 2.24) is 20.7 Å². The van der Waals surface area contributed by atoms with Crippen molar-refractivity contribution >= 4 is 23.4 Å². The van der Waals surface area contributed by atoms with Crippen LogP contribution in [0.1, 0.15) is 20.3 Å². The zero-order chi connectivity index (χ0) is 19.2. The van der Waals surface area contributed by atoms with E-state index in [0.717, 1.165) is 6.08 Å². The Kier molecular flexibility index (Phi) is 6.77. The first kappa shape index (κ1) is 20.3. The number of nitrogens with one attached hydrogen (secondary N) is 4. The Hall–Kier alpha value is -2.78. The van der Waals surface area contributed by atoms with Gasteiger partial charge in [0.05, 0.1) is 5.70 Å². The van der Waals surface area contributed by atoms with Crippen LogP contribution in [0, 0.1) is 16.2 Å². The second-order valence-corrected chi connectivity index (χ2v) is 5.99. The lowest BCUT2D eigenvalue weighted by Crippen LogP contribution is -2.42. The van der Waals surface area contributed by atoms with Crippen molar-refractivity contribution in [3.8, 4) is 0 Å². The molecular weight excluding hydrogens is 334 g/mol. The minimum absolute atomic E-state index is 0.0145. The monoisotopic (exact) mass is 356 g/mol. The number of hydrogen-bond acceptors (Lipinski definition) is 6. The Morgan fingerprint density at radius 3 is 2.56 bits per heavy atom. The van der Waals surface area contributed by atoms with Crippen LogP contribution in [0.2, 0.25) is 0 Å². The van der Waals surface area contributed by atoms with E-state index in [-0.39, 0.29) is 22.6 Å². The molecular formula is C15H22F2N6O2. The summed E-state index contributed by atoms with van der Waals surface area (Å²) in [5, 5.41) is 20.3. The number of halogens is 2. The zero-order valence-corrected chi connectivity index (χ0v) is 14.3. The van der Waals surface area contributed by atoms with Crippen LogP contribution in [0.4, 0.5) is 8.87 Å². The number of nitrogens with zero attached hydrogens (tertiary/aromatic N) is 2. The van der Waals surface area contributed by atoms with Gasteiger partial charge in [0.2, 0.25) is 5.91 Å². The van der Waals surface area contributed by atoms with E-state index in [0.29, 0.717) is 19.2 Å². The van der Waals surface area contributed by atoms with Crippen LogP contribution in [0.3, 0.4) is 0 Å². The van der Waals surface area contributed by atoms with Gasteiger partial charge >= 0.3 is 0 Å². The lowest BCUT2D eigenvalue weighted by atomic mass is 9.92. The number of carbonyl (C=O) groups is 2. The minimum atomic E-state index is -1.41. The predicted molar refractivity (Wildman–Crippen MR) is 88.9 cm³/mol. The van der Waals surface area contributed by atoms with E-state index in [9.17, 15) is 18.5 Å². The predicted octanol–water partition coefficient (Wildman–Crippen LogP) is 1.05. The van der Waals surface area contributed by atoms with Crippen LogP contribution in [0.15, 0.2) is 24.2 Å². The van der Waals surface area contributed by atoms with Crippen LogP contribution in [-0.4, -0.2) is 53.8 Å². The largest absolute Gasteiger partial charge is 0.392 e. The highest BCUT2D eigenvalue weighted by Gasteiger charge is 2.41. The first-order chi connectivity index (χ1) is 11.6. The van der Waals surface area contributed by atoms with Gasteiger partial charge in [0.1, 0.15) is 5.71 Å². The molecule has 0 radical (unpaired) electrons. The third-order valence-corrected chi connectivity index (χ3v) is 3.61. The van der Waals surface area contributed by atoms with Gasteiger partial charge in [0, 0.05) is 31.4 Å². The smallest absolute Gasteiger partial charge is 0.273 e. The fraction of sp³-hybridized carbons (Fsp3) is 0.467. The molecule has 8 nitrogen and oxygen atoms in total. The standard InChI is InChI=1S/C15H22F2N6O2/c1-15(2)5-7-23(14(15)25)12(19)11(8-20-3)21-13(24)10(18)4-6-22(17)9-16/h4,6,8,18-20H,5,7,9H2,1-3H3,(H,21,24)/b6-4-,11-8+,18-10?,19-12?. The molecule has 1 aliphatic rings. The van der Waals surface area contributed by atoms with Gasteiger partial charge in [-0.05, 0) is 12.5 Å². The van der Waals surface area contributed by atoms with Gasteiger partial charge < -0.3 is 10.6 Å². The summed E-state index contributed by atoms with van der Waals surface area (Å²) in [6, 6.07) is 0. The second kappa shape index (κ2) is 8.36. The number of amides is 2. The van der Waals surface area contributed by atoms with Crippen molar-refractivity contribution in [2.75, 3.05) is 20.4 Å². The van der Waals surface area contributed by atoms with Crippen molar-refractivity contribution in [3.05, 3.63) is 24.2 Å². The van der Waals surface area contributed by atoms with Gasteiger partial charge in [-0.25, -0.2) is 4.39 Å². The third-order valence-electron chi connectivity index (χ3n) is 3.61. The number of amidine groups is 1. The number of carbonyl (C=O) groups excluding carboxylic acids is 2. The highest BCUT2D eigenvalue weighted by molar-refractivity contribution is 6.42. The van der Waals surface area contributed by atoms with E-state index in [2.05, 4.69) is 10.6 Å². The molecule has 10 heteroatoms. The Morgan fingerprint density at radius 2 is 2.08 bits per heavy atom. The number of rotatable bonds is 7. The lowest BCUT2D eigenvalue weighted by molar-refractivity contribution is -0.131.